The number of fused-ring (bicyclic) bond motifs is 4. The van der Waals surface area contributed by atoms with Crippen molar-refractivity contribution < 1.29 is 27.1 Å². The van der Waals surface area contributed by atoms with Gasteiger partial charge in [-0.05, 0) is 73.9 Å². The van der Waals surface area contributed by atoms with Crippen LogP contribution < -0.4 is 5.32 Å². The summed E-state index contributed by atoms with van der Waals surface area (Å²) in [5, 5.41) is 15.1. The van der Waals surface area contributed by atoms with Crippen LogP contribution in [0.5, 0.6) is 0 Å². The lowest BCUT2D eigenvalue weighted by molar-refractivity contribution is -0.139. The van der Waals surface area contributed by atoms with Gasteiger partial charge in [0.1, 0.15) is 5.52 Å². The average molecular weight is 791 g/mol. The van der Waals surface area contributed by atoms with Crippen molar-refractivity contribution in [3.8, 4) is 17.2 Å². The van der Waals surface area contributed by atoms with Crippen LogP contribution in [0.2, 0.25) is 10.0 Å². The fourth-order valence-corrected chi connectivity index (χ4v) is 9.63. The molecule has 3 saturated heterocycles. The Morgan fingerprint density at radius 1 is 1.07 bits per heavy atom. The van der Waals surface area contributed by atoms with Crippen molar-refractivity contribution >= 4 is 50.9 Å². The van der Waals surface area contributed by atoms with Crippen LogP contribution in [0.1, 0.15) is 72.3 Å². The van der Waals surface area contributed by atoms with E-state index in [0.717, 1.165) is 48.5 Å². The van der Waals surface area contributed by atoms with Crippen LogP contribution in [0.3, 0.4) is 0 Å². The number of aryl methyl sites for hydroxylation is 2. The third-order valence-corrected chi connectivity index (χ3v) is 12.9. The molecule has 1 N–H and O–H groups in total. The van der Waals surface area contributed by atoms with Crippen molar-refractivity contribution in [3.63, 3.8) is 0 Å². The minimum atomic E-state index is -4.52. The normalized spacial score (nSPS) is 23.5. The van der Waals surface area contributed by atoms with Gasteiger partial charge < -0.3 is 19.5 Å². The van der Waals surface area contributed by atoms with Gasteiger partial charge in [-0.15, -0.1) is 0 Å². The summed E-state index contributed by atoms with van der Waals surface area (Å²) in [5.41, 5.74) is 3.07. The molecule has 5 aliphatic rings. The number of hydrogen-bond donors (Lipinski definition) is 1. The molecule has 10 rings (SSSR count). The maximum absolute atomic E-state index is 17.2. The monoisotopic (exact) mass is 789 g/mol. The zero-order valence-electron chi connectivity index (χ0n) is 29.9. The Labute approximate surface area is 325 Å². The molecule has 5 unspecified atom stereocenters. The average Bonchev–Trinajstić information content (AvgIpc) is 3.45. The van der Waals surface area contributed by atoms with Gasteiger partial charge in [-0.3, -0.25) is 4.79 Å². The van der Waals surface area contributed by atoms with Crippen LogP contribution in [0.25, 0.3) is 32.9 Å². The second-order valence-electron chi connectivity index (χ2n) is 15.4. The number of ether oxygens (including phenoxy) is 1. The van der Waals surface area contributed by atoms with Crippen molar-refractivity contribution in [2.24, 2.45) is 11.8 Å². The fourth-order valence-electron chi connectivity index (χ4n) is 9.24. The molecule has 0 spiro atoms. The highest BCUT2D eigenvalue weighted by Gasteiger charge is 2.51. The van der Waals surface area contributed by atoms with Gasteiger partial charge in [0.2, 0.25) is 5.91 Å². The number of carbonyl (C=O) groups is 1. The SMILES string of the molecule is Cc1nc2c(F)c(-c3cccc(Cl)c3Cl)c(CCC#N)cc2c2c1cc(C1CC(OCc3ccccc3C(F)(F)F)CN1C(=O)C1CC1)n2C1C2CNC1C2. The van der Waals surface area contributed by atoms with E-state index in [-0.39, 0.29) is 76.6 Å². The Hall–Kier alpha value is -4.21. The second kappa shape index (κ2) is 13.8. The summed E-state index contributed by atoms with van der Waals surface area (Å²) in [4.78, 5) is 20.7. The van der Waals surface area contributed by atoms with E-state index in [1.165, 1.54) is 12.1 Å². The highest BCUT2D eigenvalue weighted by atomic mass is 35.5. The molecular formula is C42H37Cl2F4N5O2. The molecule has 2 bridgehead atoms. The van der Waals surface area contributed by atoms with Crippen molar-refractivity contribution in [2.45, 2.75) is 82.5 Å². The smallest absolute Gasteiger partial charge is 0.372 e. The number of likely N-dealkylation sites (tertiary alicyclic amines) is 1. The predicted octanol–water partition coefficient (Wildman–Crippen LogP) is 9.89. The first-order valence-corrected chi connectivity index (χ1v) is 19.5. The molecule has 2 saturated carbocycles. The van der Waals surface area contributed by atoms with Crippen LogP contribution in [0.15, 0.2) is 54.6 Å². The van der Waals surface area contributed by atoms with Gasteiger partial charge in [-0.2, -0.15) is 18.4 Å². The van der Waals surface area contributed by atoms with Crippen molar-refractivity contribution in [2.75, 3.05) is 13.1 Å². The third kappa shape index (κ3) is 6.17. The van der Waals surface area contributed by atoms with E-state index >= 15 is 4.39 Å². The minimum Gasteiger partial charge on any atom is -0.372 e. The van der Waals surface area contributed by atoms with Crippen molar-refractivity contribution in [1.82, 2.24) is 19.8 Å². The molecule has 284 valence electrons. The number of rotatable bonds is 9. The van der Waals surface area contributed by atoms with Crippen molar-refractivity contribution in [3.05, 3.63) is 98.5 Å². The van der Waals surface area contributed by atoms with Gasteiger partial charge in [0.25, 0.3) is 0 Å². The first-order chi connectivity index (χ1) is 26.4. The van der Waals surface area contributed by atoms with Gasteiger partial charge in [0.15, 0.2) is 5.82 Å². The van der Waals surface area contributed by atoms with Crippen LogP contribution in [0.4, 0.5) is 17.6 Å². The molecular weight excluding hydrogens is 753 g/mol. The van der Waals surface area contributed by atoms with E-state index in [4.69, 9.17) is 32.9 Å². The van der Waals surface area contributed by atoms with Gasteiger partial charge in [-0.1, -0.05) is 53.5 Å². The number of carbonyl (C=O) groups excluding carboxylic acids is 1. The first-order valence-electron chi connectivity index (χ1n) is 18.7. The highest BCUT2D eigenvalue weighted by Crippen LogP contribution is 2.51. The number of nitriles is 1. The summed E-state index contributed by atoms with van der Waals surface area (Å²) < 4.78 is 67.3. The number of pyridine rings is 1. The van der Waals surface area contributed by atoms with Gasteiger partial charge >= 0.3 is 6.18 Å². The third-order valence-electron chi connectivity index (χ3n) is 12.0. The Balaban J connectivity index is 1.20. The molecule has 55 heavy (non-hydrogen) atoms. The van der Waals surface area contributed by atoms with Crippen LogP contribution >= 0.6 is 23.2 Å². The summed E-state index contributed by atoms with van der Waals surface area (Å²) in [5.74, 6) is -0.312. The number of nitrogens with one attached hydrogen (secondary N) is 1. The van der Waals surface area contributed by atoms with Gasteiger partial charge in [-0.25, -0.2) is 9.37 Å². The molecule has 13 heteroatoms. The molecule has 5 fully saturated rings. The largest absolute Gasteiger partial charge is 0.416 e. The molecule has 2 aromatic heterocycles. The molecule has 5 atom stereocenters. The highest BCUT2D eigenvalue weighted by molar-refractivity contribution is 6.43. The molecule has 0 radical (unpaired) electrons. The summed E-state index contributed by atoms with van der Waals surface area (Å²) in [6.07, 6.45) is -1.64. The molecule has 1 amide bonds. The maximum atomic E-state index is 17.2. The van der Waals surface area contributed by atoms with Crippen LogP contribution in [-0.2, 0) is 28.7 Å². The lowest BCUT2D eigenvalue weighted by Crippen LogP contribution is -2.41. The lowest BCUT2D eigenvalue weighted by atomic mass is 9.79. The zero-order chi connectivity index (χ0) is 38.3. The first kappa shape index (κ1) is 36.4. The number of nitrogens with zero attached hydrogens (tertiary/aromatic N) is 4. The lowest BCUT2D eigenvalue weighted by Gasteiger charge is -2.39. The van der Waals surface area contributed by atoms with Crippen molar-refractivity contribution in [1.29, 1.82) is 5.26 Å². The Morgan fingerprint density at radius 3 is 2.58 bits per heavy atom. The molecule has 5 heterocycles. The summed E-state index contributed by atoms with van der Waals surface area (Å²) in [6.45, 7) is 2.69. The zero-order valence-corrected chi connectivity index (χ0v) is 31.4. The molecule has 3 aliphatic heterocycles. The summed E-state index contributed by atoms with van der Waals surface area (Å²) in [6, 6.07) is 16.4. The number of alkyl halides is 3. The Bertz CT molecular complexity index is 2410. The van der Waals surface area contributed by atoms with E-state index in [9.17, 15) is 23.2 Å². The minimum absolute atomic E-state index is 0.0193. The number of amides is 1. The summed E-state index contributed by atoms with van der Waals surface area (Å²) in [7, 11) is 0. The number of halogens is 6. The summed E-state index contributed by atoms with van der Waals surface area (Å²) >= 11 is 13.1. The predicted molar refractivity (Wildman–Crippen MR) is 202 cm³/mol. The molecule has 2 aliphatic carbocycles. The molecule has 7 nitrogen and oxygen atoms in total. The standard InChI is InChI=1S/C42H37Cl2F4N5O2/c1-21-28-17-34(33-16-26(19-52(33)41(54)22-11-12-22)55-20-24-6-2-3-9-30(24)42(46,47)48)53(39-25-15-32(39)50-18-25)40(28)29-14-23(7-5-13-49)35(37(45)38(29)51-21)27-8-4-10-31(43)36(27)44/h2-4,6,8-10,14,17,22,25-26,32-33,39,50H,5,7,11-12,15-16,18-20H2,1H3. The maximum Gasteiger partial charge on any atom is 0.416 e. The van der Waals surface area contributed by atoms with Crippen LogP contribution in [-0.4, -0.2) is 45.6 Å². The number of benzene rings is 3. The van der Waals surface area contributed by atoms with E-state index in [2.05, 4.69) is 22.0 Å². The van der Waals surface area contributed by atoms with Crippen LogP contribution in [0, 0.1) is 35.9 Å². The quantitative estimate of drug-likeness (QED) is 0.150. The van der Waals surface area contributed by atoms with E-state index in [1.807, 2.05) is 17.9 Å². The van der Waals surface area contributed by atoms with E-state index in [1.54, 1.807) is 24.3 Å². The topological polar surface area (TPSA) is 83.2 Å². The Kier molecular flexibility index (Phi) is 9.12. The van der Waals surface area contributed by atoms with Gasteiger partial charge in [0, 0.05) is 71.2 Å². The van der Waals surface area contributed by atoms with E-state index < -0.39 is 29.7 Å². The van der Waals surface area contributed by atoms with Gasteiger partial charge in [0.05, 0.1) is 52.0 Å². The second-order valence-corrected chi connectivity index (χ2v) is 16.2. The molecule has 5 aromatic rings. The van der Waals surface area contributed by atoms with E-state index in [0.29, 0.717) is 34.5 Å². The fraction of sp³-hybridized carbons (Fsp3) is 0.405. The Morgan fingerprint density at radius 2 is 1.87 bits per heavy atom. The number of aromatic nitrogens is 2. The molecule has 3 aromatic carbocycles. The number of hydrogen-bond acceptors (Lipinski definition) is 5.